The molecule has 3 aromatic rings. The number of aromatic nitrogens is 3. The molecule has 0 saturated carbocycles. The van der Waals surface area contributed by atoms with Crippen LogP contribution in [-0.2, 0) is 12.7 Å². The van der Waals surface area contributed by atoms with Crippen LogP contribution in [0.3, 0.4) is 0 Å². The molecule has 0 aliphatic rings. The van der Waals surface area contributed by atoms with Crippen LogP contribution in [0.1, 0.15) is 53.0 Å². The quantitative estimate of drug-likeness (QED) is 0.592. The Morgan fingerprint density at radius 1 is 1.06 bits per heavy atom. The van der Waals surface area contributed by atoms with Gasteiger partial charge in [-0.15, -0.1) is 0 Å². The van der Waals surface area contributed by atoms with Gasteiger partial charge >= 0.3 is 11.9 Å². The number of hydrogen-bond donors (Lipinski definition) is 1. The maximum absolute atomic E-state index is 13.2. The number of carbonyl (C=O) groups is 1. The van der Waals surface area contributed by atoms with E-state index in [9.17, 15) is 27.6 Å². The Morgan fingerprint density at radius 3 is 2.26 bits per heavy atom. The molecule has 7 nitrogen and oxygen atoms in total. The topological polar surface area (TPSA) is 86.0 Å². The number of hydrogen-bond acceptors (Lipinski definition) is 4. The van der Waals surface area contributed by atoms with Crippen molar-refractivity contribution in [3.05, 3.63) is 91.3 Å². The number of nitrogens with one attached hydrogen (secondary N) is 1. The van der Waals surface area contributed by atoms with Crippen molar-refractivity contribution in [1.82, 2.24) is 19.7 Å². The van der Waals surface area contributed by atoms with Gasteiger partial charge in [-0.3, -0.25) is 14.2 Å². The van der Waals surface area contributed by atoms with Gasteiger partial charge in [0, 0.05) is 6.04 Å². The van der Waals surface area contributed by atoms with Crippen LogP contribution in [0.5, 0.6) is 0 Å². The van der Waals surface area contributed by atoms with E-state index < -0.39 is 34.6 Å². The zero-order chi connectivity index (χ0) is 25.2. The van der Waals surface area contributed by atoms with E-state index in [-0.39, 0.29) is 12.6 Å². The number of benzene rings is 2. The molecule has 1 heterocycles. The van der Waals surface area contributed by atoms with E-state index in [4.69, 9.17) is 0 Å². The number of halogens is 3. The first-order chi connectivity index (χ1) is 15.9. The molecule has 1 N–H and O–H groups in total. The molecule has 2 aromatic carbocycles. The molecule has 1 aromatic heterocycles. The number of rotatable bonds is 6. The summed E-state index contributed by atoms with van der Waals surface area (Å²) in [6.45, 7) is 7.03. The minimum atomic E-state index is -4.51. The number of nitrogens with zero attached hydrogens (tertiary/aromatic N) is 3. The van der Waals surface area contributed by atoms with Gasteiger partial charge in [0.05, 0.1) is 17.8 Å². The molecule has 3 rings (SSSR count). The van der Waals surface area contributed by atoms with Crippen LogP contribution in [-0.4, -0.2) is 26.3 Å². The molecular formula is C24H25F3N4O3. The summed E-state index contributed by atoms with van der Waals surface area (Å²) in [5, 5.41) is 6.72. The van der Waals surface area contributed by atoms with E-state index in [1.807, 2.05) is 20.8 Å². The van der Waals surface area contributed by atoms with Crippen molar-refractivity contribution in [2.45, 2.75) is 52.9 Å². The Hall–Kier alpha value is -3.69. The van der Waals surface area contributed by atoms with Crippen molar-refractivity contribution in [1.29, 1.82) is 0 Å². The molecule has 1 atom stereocenters. The third kappa shape index (κ3) is 5.27. The molecule has 0 bridgehead atoms. The minimum absolute atomic E-state index is 0.237. The lowest BCUT2D eigenvalue weighted by atomic mass is 10.1. The van der Waals surface area contributed by atoms with E-state index in [2.05, 4.69) is 10.4 Å². The zero-order valence-corrected chi connectivity index (χ0v) is 19.2. The molecule has 0 radical (unpaired) electrons. The van der Waals surface area contributed by atoms with Crippen LogP contribution in [0.25, 0.3) is 5.69 Å². The largest absolute Gasteiger partial charge is 0.416 e. The van der Waals surface area contributed by atoms with E-state index in [0.29, 0.717) is 17.7 Å². The summed E-state index contributed by atoms with van der Waals surface area (Å²) in [5.41, 5.74) is -0.573. The minimum Gasteiger partial charge on any atom is -0.348 e. The SMILES string of the molecule is CCC(C)NC(=O)c1nn(-c2ccc(C)c(C)c2)c(=O)n(Cc2ccc(C(F)(F)F)cc2)c1=O. The second kappa shape index (κ2) is 9.66. The fraction of sp³-hybridized carbons (Fsp3) is 0.333. The van der Waals surface area contributed by atoms with E-state index in [1.165, 1.54) is 12.1 Å². The summed E-state index contributed by atoms with van der Waals surface area (Å²) in [5.74, 6) is -0.738. The average Bonchev–Trinajstić information content (AvgIpc) is 2.78. The van der Waals surface area contributed by atoms with E-state index in [0.717, 1.165) is 32.5 Å². The third-order valence-corrected chi connectivity index (χ3v) is 5.62. The summed E-state index contributed by atoms with van der Waals surface area (Å²) in [6.07, 6.45) is -3.90. The van der Waals surface area contributed by atoms with Gasteiger partial charge in [0.2, 0.25) is 5.69 Å². The Balaban J connectivity index is 2.16. The van der Waals surface area contributed by atoms with Gasteiger partial charge in [-0.25, -0.2) is 4.79 Å². The highest BCUT2D eigenvalue weighted by atomic mass is 19.4. The van der Waals surface area contributed by atoms with Crippen LogP contribution in [0.2, 0.25) is 0 Å². The smallest absolute Gasteiger partial charge is 0.348 e. The highest BCUT2D eigenvalue weighted by Crippen LogP contribution is 2.29. The molecule has 0 spiro atoms. The number of aryl methyl sites for hydroxylation is 2. The maximum Gasteiger partial charge on any atom is 0.416 e. The summed E-state index contributed by atoms with van der Waals surface area (Å²) < 4.78 is 40.4. The maximum atomic E-state index is 13.2. The Bertz CT molecular complexity index is 1330. The van der Waals surface area contributed by atoms with Crippen LogP contribution in [0.4, 0.5) is 13.2 Å². The number of carbonyl (C=O) groups excluding carboxylic acids is 1. The van der Waals surface area contributed by atoms with Gasteiger partial charge < -0.3 is 5.32 Å². The lowest BCUT2D eigenvalue weighted by Crippen LogP contribution is -2.47. The Kier molecular flexibility index (Phi) is 7.09. The zero-order valence-electron chi connectivity index (χ0n) is 19.2. The molecule has 0 aliphatic carbocycles. The van der Waals surface area contributed by atoms with Crippen LogP contribution >= 0.6 is 0 Å². The normalized spacial score (nSPS) is 12.4. The van der Waals surface area contributed by atoms with Crippen molar-refractivity contribution in [2.24, 2.45) is 0 Å². The first-order valence-electron chi connectivity index (χ1n) is 10.7. The molecule has 1 amide bonds. The van der Waals surface area contributed by atoms with Crippen molar-refractivity contribution in [2.75, 3.05) is 0 Å². The van der Waals surface area contributed by atoms with Gasteiger partial charge in [-0.05, 0) is 68.1 Å². The number of alkyl halides is 3. The molecule has 34 heavy (non-hydrogen) atoms. The van der Waals surface area contributed by atoms with Gasteiger partial charge in [-0.2, -0.15) is 23.0 Å². The fourth-order valence-corrected chi connectivity index (χ4v) is 3.20. The lowest BCUT2D eigenvalue weighted by Gasteiger charge is -2.15. The second-order valence-corrected chi connectivity index (χ2v) is 8.18. The Morgan fingerprint density at radius 2 is 1.71 bits per heavy atom. The fourth-order valence-electron chi connectivity index (χ4n) is 3.20. The molecule has 0 fully saturated rings. The van der Waals surface area contributed by atoms with E-state index in [1.54, 1.807) is 25.1 Å². The first kappa shape index (κ1) is 24.9. The predicted molar refractivity (Wildman–Crippen MR) is 121 cm³/mol. The predicted octanol–water partition coefficient (Wildman–Crippen LogP) is 3.61. The average molecular weight is 474 g/mol. The summed E-state index contributed by atoms with van der Waals surface area (Å²) >= 11 is 0. The molecule has 1 unspecified atom stereocenters. The number of amides is 1. The van der Waals surface area contributed by atoms with Crippen molar-refractivity contribution >= 4 is 5.91 Å². The standard InChI is InChI=1S/C24H25F3N4O3/c1-5-16(4)28-21(32)20-22(33)30(13-17-7-9-18(10-8-17)24(25,26)27)23(34)31(29-20)19-11-6-14(2)15(3)12-19/h6-12,16H,5,13H2,1-4H3,(H,28,32). The second-order valence-electron chi connectivity index (χ2n) is 8.18. The summed E-state index contributed by atoms with van der Waals surface area (Å²) in [4.78, 5) is 39.1. The van der Waals surface area contributed by atoms with Crippen molar-refractivity contribution < 1.29 is 18.0 Å². The van der Waals surface area contributed by atoms with Crippen LogP contribution in [0.15, 0.2) is 52.1 Å². The van der Waals surface area contributed by atoms with Gasteiger partial charge in [0.1, 0.15) is 0 Å². The summed E-state index contributed by atoms with van der Waals surface area (Å²) in [6, 6.07) is 9.01. The molecule has 0 saturated heterocycles. The highest BCUT2D eigenvalue weighted by Gasteiger charge is 2.30. The molecule has 0 aliphatic heterocycles. The third-order valence-electron chi connectivity index (χ3n) is 5.62. The van der Waals surface area contributed by atoms with Crippen LogP contribution in [0, 0.1) is 13.8 Å². The summed E-state index contributed by atoms with van der Waals surface area (Å²) in [7, 11) is 0. The first-order valence-corrected chi connectivity index (χ1v) is 10.7. The van der Waals surface area contributed by atoms with Crippen molar-refractivity contribution in [3.8, 4) is 5.69 Å². The molecular weight excluding hydrogens is 449 g/mol. The van der Waals surface area contributed by atoms with E-state index >= 15 is 0 Å². The van der Waals surface area contributed by atoms with Gasteiger partial charge in [-0.1, -0.05) is 25.1 Å². The molecule has 10 heteroatoms. The Labute approximate surface area is 193 Å². The van der Waals surface area contributed by atoms with Crippen molar-refractivity contribution in [3.63, 3.8) is 0 Å². The monoisotopic (exact) mass is 474 g/mol. The molecule has 180 valence electrons. The van der Waals surface area contributed by atoms with Crippen LogP contribution < -0.4 is 16.6 Å². The van der Waals surface area contributed by atoms with Gasteiger partial charge in [0.25, 0.3) is 11.5 Å². The van der Waals surface area contributed by atoms with Gasteiger partial charge in [0.15, 0.2) is 0 Å². The lowest BCUT2D eigenvalue weighted by molar-refractivity contribution is -0.137. The highest BCUT2D eigenvalue weighted by molar-refractivity contribution is 5.91.